The lowest BCUT2D eigenvalue weighted by Gasteiger charge is -2.25. The zero-order chi connectivity index (χ0) is 14.5. The van der Waals surface area contributed by atoms with E-state index in [1.54, 1.807) is 0 Å². The van der Waals surface area contributed by atoms with E-state index in [1.165, 1.54) is 17.7 Å². The molecule has 2 unspecified atom stereocenters. The van der Waals surface area contributed by atoms with Gasteiger partial charge in [0.25, 0.3) is 0 Å². The number of rotatable bonds is 6. The van der Waals surface area contributed by atoms with Crippen LogP contribution in [0.1, 0.15) is 63.5 Å². The second-order valence-electron chi connectivity index (χ2n) is 6.67. The molecule has 2 atom stereocenters. The van der Waals surface area contributed by atoms with Gasteiger partial charge < -0.3 is 5.32 Å². The first-order valence-electron chi connectivity index (χ1n) is 8.15. The van der Waals surface area contributed by atoms with Crippen LogP contribution in [0.25, 0.3) is 0 Å². The fraction of sp³-hybridized carbons (Fsp3) is 0.765. The Labute approximate surface area is 123 Å². The summed E-state index contributed by atoms with van der Waals surface area (Å²) in [6, 6.07) is 0. The largest absolute Gasteiger partial charge is 0.316 e. The van der Waals surface area contributed by atoms with Crippen molar-refractivity contribution in [1.29, 1.82) is 0 Å². The first kappa shape index (κ1) is 15.4. The Morgan fingerprint density at radius 2 is 2.15 bits per heavy atom. The summed E-state index contributed by atoms with van der Waals surface area (Å²) in [4.78, 5) is 9.37. The van der Waals surface area contributed by atoms with Crippen molar-refractivity contribution in [2.24, 2.45) is 11.8 Å². The zero-order valence-corrected chi connectivity index (χ0v) is 13.4. The summed E-state index contributed by atoms with van der Waals surface area (Å²) < 4.78 is 0. The molecule has 0 radical (unpaired) electrons. The summed E-state index contributed by atoms with van der Waals surface area (Å²) in [5.41, 5.74) is 2.68. The lowest BCUT2D eigenvalue weighted by atomic mass is 9.87. The van der Waals surface area contributed by atoms with Crippen LogP contribution in [0.5, 0.6) is 0 Å². The molecule has 0 aliphatic heterocycles. The van der Waals surface area contributed by atoms with Crippen LogP contribution >= 0.6 is 0 Å². The number of nitrogens with one attached hydrogen (secondary N) is 1. The summed E-state index contributed by atoms with van der Waals surface area (Å²) in [5.74, 6) is 2.99. The van der Waals surface area contributed by atoms with Gasteiger partial charge in [0.1, 0.15) is 5.82 Å². The normalized spacial score (nSPS) is 19.9. The van der Waals surface area contributed by atoms with E-state index in [2.05, 4.69) is 44.2 Å². The highest BCUT2D eigenvalue weighted by molar-refractivity contribution is 5.22. The zero-order valence-electron chi connectivity index (χ0n) is 13.4. The van der Waals surface area contributed by atoms with Gasteiger partial charge >= 0.3 is 0 Å². The Kier molecular flexibility index (Phi) is 5.53. The van der Waals surface area contributed by atoms with Crippen molar-refractivity contribution in [3.63, 3.8) is 0 Å². The average Bonchev–Trinajstić information content (AvgIpc) is 2.45. The van der Waals surface area contributed by atoms with Gasteiger partial charge in [-0.25, -0.2) is 9.97 Å². The molecule has 0 amide bonds. The minimum Gasteiger partial charge on any atom is -0.316 e. The second kappa shape index (κ2) is 7.16. The Hall–Kier alpha value is -0.960. The summed E-state index contributed by atoms with van der Waals surface area (Å²) in [7, 11) is 0. The van der Waals surface area contributed by atoms with E-state index in [9.17, 15) is 0 Å². The topological polar surface area (TPSA) is 37.8 Å². The molecule has 1 N–H and O–H groups in total. The number of aryl methyl sites for hydroxylation is 1. The van der Waals surface area contributed by atoms with Crippen LogP contribution in [0.2, 0.25) is 0 Å². The predicted molar refractivity (Wildman–Crippen MR) is 84.0 cm³/mol. The maximum atomic E-state index is 4.80. The molecule has 0 bridgehead atoms. The van der Waals surface area contributed by atoms with Crippen molar-refractivity contribution < 1.29 is 0 Å². The Morgan fingerprint density at radius 1 is 1.35 bits per heavy atom. The fourth-order valence-corrected chi connectivity index (χ4v) is 2.77. The molecule has 1 aliphatic carbocycles. The molecule has 0 spiro atoms. The maximum Gasteiger partial charge on any atom is 0.131 e. The van der Waals surface area contributed by atoms with Crippen LogP contribution in [0.4, 0.5) is 0 Å². The molecule has 1 aromatic heterocycles. The molecule has 3 heteroatoms. The molecule has 1 heterocycles. The van der Waals surface area contributed by atoms with E-state index in [-0.39, 0.29) is 0 Å². The Bertz CT molecular complexity index is 428. The lowest BCUT2D eigenvalue weighted by molar-refractivity contribution is 0.404. The SMILES string of the molecule is CCC(C)c1ncc2c(n1)CCC(CNCC(C)C)C2. The van der Waals surface area contributed by atoms with Crippen molar-refractivity contribution in [3.05, 3.63) is 23.3 Å². The third-order valence-electron chi connectivity index (χ3n) is 4.31. The van der Waals surface area contributed by atoms with E-state index in [0.717, 1.165) is 50.0 Å². The Balaban J connectivity index is 1.94. The molecule has 1 aromatic rings. The molecular formula is C17H29N3. The quantitative estimate of drug-likeness (QED) is 0.865. The average molecular weight is 275 g/mol. The highest BCUT2D eigenvalue weighted by atomic mass is 14.9. The van der Waals surface area contributed by atoms with Crippen molar-refractivity contribution in [2.45, 2.75) is 59.3 Å². The standard InChI is InChI=1S/C17H29N3/c1-5-13(4)17-19-11-15-8-14(6-7-16(15)20-17)10-18-9-12(2)3/h11-14,18H,5-10H2,1-4H3. The van der Waals surface area contributed by atoms with Crippen molar-refractivity contribution in [2.75, 3.05) is 13.1 Å². The van der Waals surface area contributed by atoms with E-state index in [0.29, 0.717) is 5.92 Å². The van der Waals surface area contributed by atoms with Crippen molar-refractivity contribution in [1.82, 2.24) is 15.3 Å². The Morgan fingerprint density at radius 3 is 2.85 bits per heavy atom. The van der Waals surface area contributed by atoms with Crippen LogP contribution in [0.3, 0.4) is 0 Å². The molecular weight excluding hydrogens is 246 g/mol. The van der Waals surface area contributed by atoms with E-state index in [1.807, 2.05) is 0 Å². The number of aromatic nitrogens is 2. The van der Waals surface area contributed by atoms with Gasteiger partial charge in [0.05, 0.1) is 0 Å². The third-order valence-corrected chi connectivity index (χ3v) is 4.31. The second-order valence-corrected chi connectivity index (χ2v) is 6.67. The van der Waals surface area contributed by atoms with Crippen LogP contribution in [0.15, 0.2) is 6.20 Å². The van der Waals surface area contributed by atoms with Gasteiger partial charge in [-0.05, 0) is 56.2 Å². The molecule has 1 aliphatic rings. The maximum absolute atomic E-state index is 4.80. The van der Waals surface area contributed by atoms with Crippen LogP contribution in [-0.4, -0.2) is 23.1 Å². The van der Waals surface area contributed by atoms with Gasteiger partial charge in [0.15, 0.2) is 0 Å². The minimum absolute atomic E-state index is 0.478. The molecule has 2 rings (SSSR count). The minimum atomic E-state index is 0.478. The van der Waals surface area contributed by atoms with E-state index < -0.39 is 0 Å². The number of nitrogens with zero attached hydrogens (tertiary/aromatic N) is 2. The number of hydrogen-bond donors (Lipinski definition) is 1. The summed E-state index contributed by atoms with van der Waals surface area (Å²) in [6.45, 7) is 11.2. The van der Waals surface area contributed by atoms with Gasteiger partial charge in [-0.2, -0.15) is 0 Å². The third kappa shape index (κ3) is 4.02. The van der Waals surface area contributed by atoms with Gasteiger partial charge in [-0.15, -0.1) is 0 Å². The highest BCUT2D eigenvalue weighted by Gasteiger charge is 2.21. The fourth-order valence-electron chi connectivity index (χ4n) is 2.77. The molecule has 3 nitrogen and oxygen atoms in total. The molecule has 112 valence electrons. The highest BCUT2D eigenvalue weighted by Crippen LogP contribution is 2.25. The van der Waals surface area contributed by atoms with Gasteiger partial charge in [-0.3, -0.25) is 0 Å². The smallest absolute Gasteiger partial charge is 0.131 e. The molecule has 0 fully saturated rings. The van der Waals surface area contributed by atoms with Crippen molar-refractivity contribution >= 4 is 0 Å². The van der Waals surface area contributed by atoms with Crippen LogP contribution in [-0.2, 0) is 12.8 Å². The van der Waals surface area contributed by atoms with Crippen LogP contribution in [0, 0.1) is 11.8 Å². The molecule has 20 heavy (non-hydrogen) atoms. The molecule has 0 saturated heterocycles. The summed E-state index contributed by atoms with van der Waals surface area (Å²) >= 11 is 0. The van der Waals surface area contributed by atoms with Gasteiger partial charge in [0, 0.05) is 17.8 Å². The van der Waals surface area contributed by atoms with Gasteiger partial charge in [0.2, 0.25) is 0 Å². The monoisotopic (exact) mass is 275 g/mol. The number of fused-ring (bicyclic) bond motifs is 1. The first-order chi connectivity index (χ1) is 9.60. The summed E-state index contributed by atoms with van der Waals surface area (Å²) in [5, 5.41) is 3.58. The van der Waals surface area contributed by atoms with Crippen molar-refractivity contribution in [3.8, 4) is 0 Å². The van der Waals surface area contributed by atoms with E-state index in [4.69, 9.17) is 4.98 Å². The number of hydrogen-bond acceptors (Lipinski definition) is 3. The molecule has 0 aromatic carbocycles. The first-order valence-corrected chi connectivity index (χ1v) is 8.15. The van der Waals surface area contributed by atoms with Gasteiger partial charge in [-0.1, -0.05) is 27.7 Å². The summed E-state index contributed by atoms with van der Waals surface area (Å²) in [6.07, 6.45) is 6.71. The van der Waals surface area contributed by atoms with E-state index >= 15 is 0 Å². The molecule has 0 saturated carbocycles. The van der Waals surface area contributed by atoms with Crippen LogP contribution < -0.4 is 5.32 Å². The lowest BCUT2D eigenvalue weighted by Crippen LogP contribution is -2.30. The predicted octanol–water partition coefficient (Wildman–Crippen LogP) is 3.34.